The summed E-state index contributed by atoms with van der Waals surface area (Å²) in [7, 11) is 0. The molecule has 0 radical (unpaired) electrons. The summed E-state index contributed by atoms with van der Waals surface area (Å²) in [5.74, 6) is 0.745. The first kappa shape index (κ1) is 13.9. The van der Waals surface area contributed by atoms with Crippen LogP contribution in [0.4, 0.5) is 0 Å². The Kier molecular flexibility index (Phi) is 4.27. The second-order valence-electron chi connectivity index (χ2n) is 5.21. The first-order chi connectivity index (χ1) is 9.75. The molecule has 1 aliphatic heterocycles. The lowest BCUT2D eigenvalue weighted by Gasteiger charge is -2.25. The van der Waals surface area contributed by atoms with Crippen molar-refractivity contribution in [1.29, 1.82) is 0 Å². The van der Waals surface area contributed by atoms with Crippen molar-refractivity contribution in [3.8, 4) is 0 Å². The van der Waals surface area contributed by atoms with E-state index in [4.69, 9.17) is 16.6 Å². The number of hydrogen-bond donors (Lipinski definition) is 0. The van der Waals surface area contributed by atoms with Gasteiger partial charge in [0.1, 0.15) is 10.1 Å². The van der Waals surface area contributed by atoms with Gasteiger partial charge in [-0.05, 0) is 25.0 Å². The summed E-state index contributed by atoms with van der Waals surface area (Å²) in [6.07, 6.45) is 10.5. The third kappa shape index (κ3) is 2.83. The van der Waals surface area contributed by atoms with Gasteiger partial charge in [-0.2, -0.15) is 0 Å². The molecule has 1 aromatic heterocycles. The third-order valence-corrected chi connectivity index (χ3v) is 5.16. The van der Waals surface area contributed by atoms with Gasteiger partial charge < -0.3 is 4.42 Å². The van der Waals surface area contributed by atoms with Crippen molar-refractivity contribution in [3.05, 3.63) is 29.1 Å². The van der Waals surface area contributed by atoms with Crippen LogP contribution in [0.5, 0.6) is 0 Å². The number of furan rings is 1. The fourth-order valence-corrected chi connectivity index (χ4v) is 4.19. The highest BCUT2D eigenvalue weighted by Crippen LogP contribution is 2.36. The second-order valence-corrected chi connectivity index (χ2v) is 6.89. The highest BCUT2D eigenvalue weighted by Gasteiger charge is 2.37. The van der Waals surface area contributed by atoms with Crippen LogP contribution in [-0.2, 0) is 4.79 Å². The van der Waals surface area contributed by atoms with Crippen LogP contribution < -0.4 is 0 Å². The van der Waals surface area contributed by atoms with E-state index in [2.05, 4.69) is 0 Å². The SMILES string of the molecule is O=C1/C(=C/c2ccco2)SC(=S)N1C1CCCCCC1. The molecule has 0 atom stereocenters. The van der Waals surface area contributed by atoms with E-state index in [1.54, 1.807) is 12.3 Å². The van der Waals surface area contributed by atoms with Crippen molar-refractivity contribution >= 4 is 40.3 Å². The molecule has 5 heteroatoms. The van der Waals surface area contributed by atoms with Crippen LogP contribution in [-0.4, -0.2) is 21.2 Å². The van der Waals surface area contributed by atoms with E-state index < -0.39 is 0 Å². The van der Waals surface area contributed by atoms with Crippen molar-refractivity contribution in [3.63, 3.8) is 0 Å². The summed E-state index contributed by atoms with van der Waals surface area (Å²) in [5, 5.41) is 0. The quantitative estimate of drug-likeness (QED) is 0.466. The summed E-state index contributed by atoms with van der Waals surface area (Å²) in [5.41, 5.74) is 0. The number of nitrogens with zero attached hydrogens (tertiary/aromatic N) is 1. The second kappa shape index (κ2) is 6.14. The molecule has 1 aromatic rings. The summed E-state index contributed by atoms with van der Waals surface area (Å²) in [6.45, 7) is 0. The molecule has 0 unspecified atom stereocenters. The first-order valence-electron chi connectivity index (χ1n) is 7.06. The fourth-order valence-electron chi connectivity index (χ4n) is 2.81. The van der Waals surface area contributed by atoms with Gasteiger partial charge in [0.15, 0.2) is 0 Å². The molecular weight excluding hydrogens is 290 g/mol. The first-order valence-corrected chi connectivity index (χ1v) is 8.29. The Morgan fingerprint density at radius 2 is 2.05 bits per heavy atom. The van der Waals surface area contributed by atoms with Crippen LogP contribution in [0.1, 0.15) is 44.3 Å². The molecule has 2 aliphatic rings. The summed E-state index contributed by atoms with van der Waals surface area (Å²) < 4.78 is 5.97. The predicted octanol–water partition coefficient (Wildman–Crippen LogP) is 4.20. The molecule has 0 spiro atoms. The molecular formula is C15H17NO2S2. The number of thiocarbonyl (C=S) groups is 1. The molecule has 20 heavy (non-hydrogen) atoms. The number of amides is 1. The van der Waals surface area contributed by atoms with E-state index in [-0.39, 0.29) is 11.9 Å². The van der Waals surface area contributed by atoms with E-state index >= 15 is 0 Å². The van der Waals surface area contributed by atoms with Crippen LogP contribution >= 0.6 is 24.0 Å². The maximum Gasteiger partial charge on any atom is 0.266 e. The Hall–Kier alpha value is -1.07. The molecule has 3 rings (SSSR count). The number of carbonyl (C=O) groups is 1. The standard InChI is InChI=1S/C15H17NO2S2/c17-14-13(10-12-8-5-9-18-12)20-15(19)16(14)11-6-3-1-2-4-7-11/h5,8-11H,1-4,6-7H2/b13-10-. The van der Waals surface area contributed by atoms with E-state index in [1.165, 1.54) is 37.4 Å². The van der Waals surface area contributed by atoms with Gasteiger partial charge in [0.05, 0.1) is 11.2 Å². The Morgan fingerprint density at radius 1 is 1.30 bits per heavy atom. The summed E-state index contributed by atoms with van der Waals surface area (Å²) in [6, 6.07) is 3.95. The number of thioether (sulfide) groups is 1. The Bertz CT molecular complexity index is 528. The van der Waals surface area contributed by atoms with Gasteiger partial charge >= 0.3 is 0 Å². The average Bonchev–Trinajstić information content (AvgIpc) is 2.92. The van der Waals surface area contributed by atoms with Crippen LogP contribution in [0.3, 0.4) is 0 Å². The minimum atomic E-state index is 0.0447. The summed E-state index contributed by atoms with van der Waals surface area (Å²) >= 11 is 6.80. The fraction of sp³-hybridized carbons (Fsp3) is 0.467. The van der Waals surface area contributed by atoms with Crippen LogP contribution in [0.15, 0.2) is 27.7 Å². The maximum atomic E-state index is 12.6. The van der Waals surface area contributed by atoms with Gasteiger partial charge in [0.25, 0.3) is 5.91 Å². The summed E-state index contributed by atoms with van der Waals surface area (Å²) in [4.78, 5) is 15.1. The molecule has 106 valence electrons. The zero-order valence-corrected chi connectivity index (χ0v) is 12.8. The molecule has 2 heterocycles. The molecule has 1 saturated carbocycles. The van der Waals surface area contributed by atoms with Crippen molar-refractivity contribution in [1.82, 2.24) is 4.90 Å². The normalized spacial score (nSPS) is 23.6. The topological polar surface area (TPSA) is 33.5 Å². The van der Waals surface area contributed by atoms with Crippen molar-refractivity contribution in [2.45, 2.75) is 44.6 Å². The van der Waals surface area contributed by atoms with Crippen molar-refractivity contribution < 1.29 is 9.21 Å². The van der Waals surface area contributed by atoms with Gasteiger partial charge in [0.2, 0.25) is 0 Å². The van der Waals surface area contributed by atoms with E-state index in [9.17, 15) is 4.79 Å². The molecule has 2 fully saturated rings. The van der Waals surface area contributed by atoms with Gasteiger partial charge in [-0.3, -0.25) is 9.69 Å². The molecule has 1 amide bonds. The monoisotopic (exact) mass is 307 g/mol. The lowest BCUT2D eigenvalue weighted by atomic mass is 10.1. The molecule has 0 bridgehead atoms. The minimum Gasteiger partial charge on any atom is -0.465 e. The minimum absolute atomic E-state index is 0.0447. The number of rotatable bonds is 2. The molecule has 3 nitrogen and oxygen atoms in total. The molecule has 1 saturated heterocycles. The van der Waals surface area contributed by atoms with Crippen LogP contribution in [0, 0.1) is 0 Å². The zero-order valence-electron chi connectivity index (χ0n) is 11.2. The van der Waals surface area contributed by atoms with Crippen molar-refractivity contribution in [2.24, 2.45) is 0 Å². The van der Waals surface area contributed by atoms with E-state index in [0.717, 1.165) is 12.8 Å². The average molecular weight is 307 g/mol. The highest BCUT2D eigenvalue weighted by molar-refractivity contribution is 8.26. The van der Waals surface area contributed by atoms with Crippen LogP contribution in [0.2, 0.25) is 0 Å². The third-order valence-electron chi connectivity index (χ3n) is 3.83. The van der Waals surface area contributed by atoms with E-state index in [1.807, 2.05) is 17.0 Å². The Balaban J connectivity index is 1.79. The Labute approximate surface area is 128 Å². The van der Waals surface area contributed by atoms with Gasteiger partial charge in [-0.15, -0.1) is 0 Å². The molecule has 0 N–H and O–H groups in total. The smallest absolute Gasteiger partial charge is 0.266 e. The lowest BCUT2D eigenvalue weighted by Crippen LogP contribution is -2.38. The maximum absolute atomic E-state index is 12.6. The largest absolute Gasteiger partial charge is 0.465 e. The van der Waals surface area contributed by atoms with Crippen molar-refractivity contribution in [2.75, 3.05) is 0 Å². The van der Waals surface area contributed by atoms with Gasteiger partial charge in [0, 0.05) is 12.1 Å². The molecule has 1 aliphatic carbocycles. The van der Waals surface area contributed by atoms with Gasteiger partial charge in [-0.25, -0.2) is 0 Å². The van der Waals surface area contributed by atoms with Crippen LogP contribution in [0.25, 0.3) is 6.08 Å². The zero-order chi connectivity index (χ0) is 13.9. The molecule has 0 aromatic carbocycles. The predicted molar refractivity (Wildman–Crippen MR) is 85.2 cm³/mol. The number of carbonyl (C=O) groups excluding carboxylic acids is 1. The Morgan fingerprint density at radius 3 is 2.70 bits per heavy atom. The highest BCUT2D eigenvalue weighted by atomic mass is 32.2. The number of hydrogen-bond acceptors (Lipinski definition) is 4. The lowest BCUT2D eigenvalue weighted by molar-refractivity contribution is -0.123. The van der Waals surface area contributed by atoms with E-state index in [0.29, 0.717) is 15.0 Å². The van der Waals surface area contributed by atoms with Gasteiger partial charge in [-0.1, -0.05) is 49.7 Å².